The second-order valence-electron chi connectivity index (χ2n) is 4.72. The van der Waals surface area contributed by atoms with Gasteiger partial charge in [-0.15, -0.1) is 0 Å². The minimum Gasteiger partial charge on any atom is -0.489 e. The Labute approximate surface area is 122 Å². The topological polar surface area (TPSA) is 29.5 Å². The van der Waals surface area contributed by atoms with Crippen molar-refractivity contribution in [3.8, 4) is 5.75 Å². The zero-order valence-corrected chi connectivity index (χ0v) is 12.1. The van der Waals surface area contributed by atoms with Gasteiger partial charge in [-0.3, -0.25) is 0 Å². The molecule has 4 heteroatoms. The third-order valence-corrected chi connectivity index (χ3v) is 3.35. The lowest BCUT2D eigenvalue weighted by Crippen LogP contribution is -2.02. The van der Waals surface area contributed by atoms with E-state index in [-0.39, 0.29) is 12.4 Å². The lowest BCUT2D eigenvalue weighted by atomic mass is 10.1. The Balaban J connectivity index is 2.20. The molecule has 0 aliphatic rings. The van der Waals surface area contributed by atoms with Crippen LogP contribution in [0.3, 0.4) is 0 Å². The van der Waals surface area contributed by atoms with E-state index >= 15 is 0 Å². The summed E-state index contributed by atoms with van der Waals surface area (Å²) >= 11 is 5.91. The quantitative estimate of drug-likeness (QED) is 0.904. The fraction of sp³-hybridized carbons (Fsp3) is 0.250. The maximum absolute atomic E-state index is 13.2. The van der Waals surface area contributed by atoms with Gasteiger partial charge in [0.15, 0.2) is 0 Å². The molecule has 0 heterocycles. The molecule has 1 atom stereocenters. The smallest absolute Gasteiger partial charge is 0.125 e. The molecule has 2 aromatic carbocycles. The van der Waals surface area contributed by atoms with Crippen molar-refractivity contribution in [3.05, 3.63) is 63.9 Å². The molecular formula is C16H16ClFO2. The number of rotatable bonds is 4. The molecule has 2 nitrogen and oxygen atoms in total. The molecule has 0 bridgehead atoms. The SMILES string of the molecule is Cc1ccc(F)cc1COc1ccc(Cl)cc1[C@@H](C)O. The van der Waals surface area contributed by atoms with Crippen LogP contribution in [0.15, 0.2) is 36.4 Å². The molecule has 0 radical (unpaired) electrons. The Kier molecular flexibility index (Phi) is 4.63. The summed E-state index contributed by atoms with van der Waals surface area (Å²) < 4.78 is 18.9. The first-order chi connectivity index (χ1) is 9.47. The maximum atomic E-state index is 13.2. The van der Waals surface area contributed by atoms with Crippen molar-refractivity contribution in [2.75, 3.05) is 0 Å². The van der Waals surface area contributed by atoms with Gasteiger partial charge in [0.25, 0.3) is 0 Å². The van der Waals surface area contributed by atoms with Crippen LogP contribution in [0.4, 0.5) is 4.39 Å². The van der Waals surface area contributed by atoms with Gasteiger partial charge in [-0.05, 0) is 55.3 Å². The Morgan fingerprint density at radius 2 is 2.00 bits per heavy atom. The van der Waals surface area contributed by atoms with Crippen LogP contribution in [0.25, 0.3) is 0 Å². The van der Waals surface area contributed by atoms with Gasteiger partial charge in [0.2, 0.25) is 0 Å². The van der Waals surface area contributed by atoms with Crippen LogP contribution in [-0.2, 0) is 6.61 Å². The van der Waals surface area contributed by atoms with E-state index in [1.807, 2.05) is 6.92 Å². The van der Waals surface area contributed by atoms with Gasteiger partial charge in [0, 0.05) is 10.6 Å². The fourth-order valence-electron chi connectivity index (χ4n) is 1.93. The Bertz CT molecular complexity index is 611. The summed E-state index contributed by atoms with van der Waals surface area (Å²) in [6.07, 6.45) is -0.683. The lowest BCUT2D eigenvalue weighted by Gasteiger charge is -2.15. The first kappa shape index (κ1) is 14.8. The van der Waals surface area contributed by atoms with Crippen molar-refractivity contribution >= 4 is 11.6 Å². The Morgan fingerprint density at radius 3 is 2.70 bits per heavy atom. The van der Waals surface area contributed by atoms with E-state index in [0.29, 0.717) is 16.3 Å². The number of aryl methyl sites for hydroxylation is 1. The fourth-order valence-corrected chi connectivity index (χ4v) is 2.11. The summed E-state index contributed by atoms with van der Waals surface area (Å²) in [7, 11) is 0. The molecule has 20 heavy (non-hydrogen) atoms. The van der Waals surface area contributed by atoms with Crippen molar-refractivity contribution in [2.45, 2.75) is 26.6 Å². The number of aliphatic hydroxyl groups excluding tert-OH is 1. The predicted octanol–water partition coefficient (Wildman–Crippen LogP) is 4.42. The standard InChI is InChI=1S/C16H16ClFO2/c1-10-3-5-14(18)7-12(10)9-20-16-6-4-13(17)8-15(16)11(2)19/h3-8,11,19H,9H2,1-2H3/t11-/m1/s1. The molecule has 2 rings (SSSR count). The summed E-state index contributed by atoms with van der Waals surface area (Å²) in [5.74, 6) is 0.258. The van der Waals surface area contributed by atoms with Gasteiger partial charge < -0.3 is 9.84 Å². The van der Waals surface area contributed by atoms with Crippen LogP contribution < -0.4 is 4.74 Å². The summed E-state index contributed by atoms with van der Waals surface area (Å²) in [5, 5.41) is 10.3. The molecular weight excluding hydrogens is 279 g/mol. The number of hydrogen-bond donors (Lipinski definition) is 1. The molecule has 2 aromatic rings. The van der Waals surface area contributed by atoms with E-state index < -0.39 is 6.10 Å². The van der Waals surface area contributed by atoms with E-state index in [1.54, 1.807) is 31.2 Å². The van der Waals surface area contributed by atoms with Gasteiger partial charge in [0.05, 0.1) is 6.10 Å². The molecule has 0 spiro atoms. The van der Waals surface area contributed by atoms with E-state index in [4.69, 9.17) is 16.3 Å². The highest BCUT2D eigenvalue weighted by Crippen LogP contribution is 2.29. The Hall–Kier alpha value is -1.58. The predicted molar refractivity (Wildman–Crippen MR) is 77.6 cm³/mol. The van der Waals surface area contributed by atoms with E-state index in [2.05, 4.69) is 0 Å². The molecule has 0 aliphatic heterocycles. The average Bonchev–Trinajstić information content (AvgIpc) is 2.40. The summed E-state index contributed by atoms with van der Waals surface area (Å²) in [5.41, 5.74) is 2.35. The van der Waals surface area contributed by atoms with E-state index in [9.17, 15) is 9.50 Å². The minimum absolute atomic E-state index is 0.241. The van der Waals surface area contributed by atoms with Crippen LogP contribution in [0.2, 0.25) is 5.02 Å². The zero-order chi connectivity index (χ0) is 14.7. The van der Waals surface area contributed by atoms with Gasteiger partial charge in [-0.1, -0.05) is 17.7 Å². The van der Waals surface area contributed by atoms with Gasteiger partial charge in [-0.25, -0.2) is 4.39 Å². The summed E-state index contributed by atoms with van der Waals surface area (Å²) in [6.45, 7) is 3.78. The molecule has 0 amide bonds. The zero-order valence-electron chi connectivity index (χ0n) is 11.4. The van der Waals surface area contributed by atoms with Crippen molar-refractivity contribution in [3.63, 3.8) is 0 Å². The van der Waals surface area contributed by atoms with Crippen LogP contribution in [0.1, 0.15) is 29.7 Å². The van der Waals surface area contributed by atoms with E-state index in [1.165, 1.54) is 12.1 Å². The first-order valence-corrected chi connectivity index (χ1v) is 6.70. The molecule has 0 unspecified atom stereocenters. The molecule has 0 aromatic heterocycles. The number of aliphatic hydroxyl groups is 1. The third-order valence-electron chi connectivity index (χ3n) is 3.12. The molecule has 1 N–H and O–H groups in total. The number of benzene rings is 2. The maximum Gasteiger partial charge on any atom is 0.125 e. The average molecular weight is 295 g/mol. The van der Waals surface area contributed by atoms with Crippen LogP contribution in [0, 0.1) is 12.7 Å². The summed E-state index contributed by atoms with van der Waals surface area (Å²) in [4.78, 5) is 0. The lowest BCUT2D eigenvalue weighted by molar-refractivity contribution is 0.190. The van der Waals surface area contributed by atoms with Crippen molar-refractivity contribution < 1.29 is 14.2 Å². The van der Waals surface area contributed by atoms with E-state index in [0.717, 1.165) is 11.1 Å². The van der Waals surface area contributed by atoms with Crippen LogP contribution in [-0.4, -0.2) is 5.11 Å². The minimum atomic E-state index is -0.683. The largest absolute Gasteiger partial charge is 0.489 e. The second kappa shape index (κ2) is 6.25. The highest BCUT2D eigenvalue weighted by molar-refractivity contribution is 6.30. The number of halogens is 2. The van der Waals surface area contributed by atoms with Crippen LogP contribution >= 0.6 is 11.6 Å². The molecule has 0 aliphatic carbocycles. The highest BCUT2D eigenvalue weighted by Gasteiger charge is 2.11. The van der Waals surface area contributed by atoms with Crippen molar-refractivity contribution in [2.24, 2.45) is 0 Å². The molecule has 0 saturated heterocycles. The molecule has 0 fully saturated rings. The van der Waals surface area contributed by atoms with Crippen LogP contribution in [0.5, 0.6) is 5.75 Å². The van der Waals surface area contributed by atoms with Gasteiger partial charge in [-0.2, -0.15) is 0 Å². The number of ether oxygens (including phenoxy) is 1. The molecule has 106 valence electrons. The normalized spacial score (nSPS) is 12.2. The van der Waals surface area contributed by atoms with Crippen molar-refractivity contribution in [1.82, 2.24) is 0 Å². The van der Waals surface area contributed by atoms with Crippen molar-refractivity contribution in [1.29, 1.82) is 0 Å². The summed E-state index contributed by atoms with van der Waals surface area (Å²) in [6, 6.07) is 9.65. The monoisotopic (exact) mass is 294 g/mol. The van der Waals surface area contributed by atoms with Gasteiger partial charge in [0.1, 0.15) is 18.2 Å². The van der Waals surface area contributed by atoms with Gasteiger partial charge >= 0.3 is 0 Å². The molecule has 0 saturated carbocycles. The first-order valence-electron chi connectivity index (χ1n) is 6.32. The number of hydrogen-bond acceptors (Lipinski definition) is 2. The Morgan fingerprint density at radius 1 is 1.25 bits per heavy atom. The second-order valence-corrected chi connectivity index (χ2v) is 5.15. The third kappa shape index (κ3) is 3.50. The highest BCUT2D eigenvalue weighted by atomic mass is 35.5.